The van der Waals surface area contributed by atoms with Crippen LogP contribution in [0.5, 0.6) is 0 Å². The Morgan fingerprint density at radius 1 is 1.33 bits per heavy atom. The van der Waals surface area contributed by atoms with E-state index in [0.717, 1.165) is 18.6 Å². The lowest BCUT2D eigenvalue weighted by Crippen LogP contribution is -2.26. The molecule has 4 heteroatoms. The van der Waals surface area contributed by atoms with Gasteiger partial charge in [0.15, 0.2) is 0 Å². The Labute approximate surface area is 146 Å². The Morgan fingerprint density at radius 3 is 2.83 bits per heavy atom. The van der Waals surface area contributed by atoms with E-state index in [1.807, 2.05) is 0 Å². The van der Waals surface area contributed by atoms with Gasteiger partial charge in [-0.25, -0.2) is 0 Å². The third-order valence-corrected chi connectivity index (χ3v) is 5.26. The predicted molar refractivity (Wildman–Crippen MR) is 101 cm³/mol. The molecule has 0 spiro atoms. The molecule has 2 aliphatic heterocycles. The summed E-state index contributed by atoms with van der Waals surface area (Å²) in [5.41, 5.74) is 4.83. The van der Waals surface area contributed by atoms with Gasteiger partial charge in [0.25, 0.3) is 0 Å². The van der Waals surface area contributed by atoms with E-state index in [1.54, 1.807) is 0 Å². The summed E-state index contributed by atoms with van der Waals surface area (Å²) < 4.78 is 0. The van der Waals surface area contributed by atoms with Crippen molar-refractivity contribution in [1.29, 1.82) is 0 Å². The lowest BCUT2D eigenvalue weighted by molar-refractivity contribution is 0.171. The fourth-order valence-electron chi connectivity index (χ4n) is 3.60. The number of likely N-dealkylation sites (tertiary alicyclic amines) is 1. The van der Waals surface area contributed by atoms with Crippen molar-refractivity contribution in [2.45, 2.75) is 58.1 Å². The monoisotopic (exact) mass is 329 g/mol. The van der Waals surface area contributed by atoms with Gasteiger partial charge in [0.2, 0.25) is 0 Å². The van der Waals surface area contributed by atoms with Crippen molar-refractivity contribution in [1.82, 2.24) is 4.90 Å². The van der Waals surface area contributed by atoms with E-state index >= 15 is 0 Å². The van der Waals surface area contributed by atoms with Gasteiger partial charge in [-0.15, -0.1) is 0 Å². The zero-order valence-electron chi connectivity index (χ0n) is 15.1. The molecule has 132 valence electrons. The van der Waals surface area contributed by atoms with E-state index in [1.165, 1.54) is 55.7 Å². The van der Waals surface area contributed by atoms with Crippen molar-refractivity contribution in [2.24, 2.45) is 4.99 Å². The summed E-state index contributed by atoms with van der Waals surface area (Å²) in [5, 5.41) is 13.3. The van der Waals surface area contributed by atoms with Crippen molar-refractivity contribution < 1.29 is 5.11 Å². The van der Waals surface area contributed by atoms with Crippen LogP contribution in [-0.2, 0) is 0 Å². The first-order valence-corrected chi connectivity index (χ1v) is 9.43. The molecule has 2 N–H and O–H groups in total. The van der Waals surface area contributed by atoms with Gasteiger partial charge in [-0.1, -0.05) is 12.1 Å². The number of aryl methyl sites for hydroxylation is 1. The number of aliphatic imine (C=N–C) groups is 1. The van der Waals surface area contributed by atoms with Crippen molar-refractivity contribution in [3.63, 3.8) is 0 Å². The Morgan fingerprint density at radius 2 is 2.12 bits per heavy atom. The van der Waals surface area contributed by atoms with Crippen molar-refractivity contribution in [3.8, 4) is 0 Å². The zero-order valence-corrected chi connectivity index (χ0v) is 15.1. The van der Waals surface area contributed by atoms with E-state index in [-0.39, 0.29) is 6.10 Å². The number of anilines is 1. The highest BCUT2D eigenvalue weighted by Gasteiger charge is 2.16. The molecule has 0 amide bonds. The summed E-state index contributed by atoms with van der Waals surface area (Å²) in [6, 6.07) is 7.04. The standard InChI is InChI=1S/C20H31N3O/c1-15-5-6-17(19-8-7-18(24)14-21-19)13-20(15)22-16(2)9-12-23-10-3-4-11-23/h5-6,13,16,18,22,24H,3-4,7-12,14H2,1-2H3. The van der Waals surface area contributed by atoms with Crippen molar-refractivity contribution in [2.75, 3.05) is 31.5 Å². The molecular formula is C20H31N3O. The molecule has 0 saturated carbocycles. The minimum absolute atomic E-state index is 0.262. The summed E-state index contributed by atoms with van der Waals surface area (Å²) in [6.07, 6.45) is 5.33. The summed E-state index contributed by atoms with van der Waals surface area (Å²) in [7, 11) is 0. The fourth-order valence-corrected chi connectivity index (χ4v) is 3.60. The molecular weight excluding hydrogens is 298 g/mol. The predicted octanol–water partition coefficient (Wildman–Crippen LogP) is 3.23. The molecule has 0 aliphatic carbocycles. The van der Waals surface area contributed by atoms with E-state index in [0.29, 0.717) is 12.6 Å². The number of aliphatic hydroxyl groups is 1. The molecule has 2 atom stereocenters. The highest BCUT2D eigenvalue weighted by molar-refractivity contribution is 6.01. The minimum Gasteiger partial charge on any atom is -0.391 e. The highest BCUT2D eigenvalue weighted by Crippen LogP contribution is 2.22. The van der Waals surface area contributed by atoms with E-state index in [9.17, 15) is 5.11 Å². The van der Waals surface area contributed by atoms with Crippen molar-refractivity contribution >= 4 is 11.4 Å². The first-order chi connectivity index (χ1) is 11.6. The number of benzene rings is 1. The lowest BCUT2D eigenvalue weighted by Gasteiger charge is -2.22. The van der Waals surface area contributed by atoms with E-state index < -0.39 is 0 Å². The van der Waals surface area contributed by atoms with Gasteiger partial charge in [0.05, 0.1) is 12.6 Å². The summed E-state index contributed by atoms with van der Waals surface area (Å²) >= 11 is 0. The number of hydrogen-bond acceptors (Lipinski definition) is 4. The van der Waals surface area contributed by atoms with Crippen LogP contribution in [0.2, 0.25) is 0 Å². The van der Waals surface area contributed by atoms with Crippen LogP contribution in [0.3, 0.4) is 0 Å². The summed E-state index contributed by atoms with van der Waals surface area (Å²) in [5.74, 6) is 0. The molecule has 4 nitrogen and oxygen atoms in total. The van der Waals surface area contributed by atoms with Gasteiger partial charge < -0.3 is 15.3 Å². The first-order valence-electron chi connectivity index (χ1n) is 9.43. The third-order valence-electron chi connectivity index (χ3n) is 5.26. The number of nitrogens with one attached hydrogen (secondary N) is 1. The quantitative estimate of drug-likeness (QED) is 0.842. The average molecular weight is 329 g/mol. The second-order valence-corrected chi connectivity index (χ2v) is 7.39. The van der Waals surface area contributed by atoms with Crippen LogP contribution in [0.15, 0.2) is 23.2 Å². The SMILES string of the molecule is Cc1ccc(C2=NCC(O)CC2)cc1NC(C)CCN1CCCC1. The van der Waals surface area contributed by atoms with Gasteiger partial charge in [-0.05, 0) is 76.2 Å². The van der Waals surface area contributed by atoms with Crippen LogP contribution in [0.4, 0.5) is 5.69 Å². The van der Waals surface area contributed by atoms with E-state index in [4.69, 9.17) is 0 Å². The first kappa shape index (κ1) is 17.4. The average Bonchev–Trinajstić information content (AvgIpc) is 3.09. The van der Waals surface area contributed by atoms with Crippen LogP contribution in [-0.4, -0.2) is 54.0 Å². The minimum atomic E-state index is -0.262. The third kappa shape index (κ3) is 4.58. The molecule has 0 radical (unpaired) electrons. The molecule has 2 heterocycles. The molecule has 1 aromatic rings. The van der Waals surface area contributed by atoms with Gasteiger partial charge in [0.1, 0.15) is 0 Å². The number of aliphatic hydroxyl groups excluding tert-OH is 1. The Balaban J connectivity index is 1.61. The lowest BCUT2D eigenvalue weighted by atomic mass is 9.98. The van der Waals surface area contributed by atoms with Gasteiger partial charge in [-0.2, -0.15) is 0 Å². The summed E-state index contributed by atoms with van der Waals surface area (Å²) in [4.78, 5) is 7.12. The molecule has 2 unspecified atom stereocenters. The Hall–Kier alpha value is -1.39. The fraction of sp³-hybridized carbons (Fsp3) is 0.650. The smallest absolute Gasteiger partial charge is 0.0739 e. The largest absolute Gasteiger partial charge is 0.391 e. The zero-order chi connectivity index (χ0) is 16.9. The maximum Gasteiger partial charge on any atom is 0.0739 e. The van der Waals surface area contributed by atoms with Crippen LogP contribution in [0.1, 0.15) is 50.2 Å². The molecule has 1 fully saturated rings. The van der Waals surface area contributed by atoms with Gasteiger partial charge in [0, 0.05) is 24.0 Å². The molecule has 0 bridgehead atoms. The maximum atomic E-state index is 9.62. The number of hydrogen-bond donors (Lipinski definition) is 2. The van der Waals surface area contributed by atoms with Gasteiger partial charge in [-0.3, -0.25) is 4.99 Å². The Kier molecular flexibility index (Phi) is 5.90. The molecule has 1 saturated heterocycles. The molecule has 24 heavy (non-hydrogen) atoms. The molecule has 2 aliphatic rings. The number of rotatable bonds is 6. The van der Waals surface area contributed by atoms with Gasteiger partial charge >= 0.3 is 0 Å². The van der Waals surface area contributed by atoms with Crippen molar-refractivity contribution in [3.05, 3.63) is 29.3 Å². The normalized spacial score (nSPS) is 23.1. The topological polar surface area (TPSA) is 47.9 Å². The van der Waals surface area contributed by atoms with E-state index in [2.05, 4.69) is 47.3 Å². The molecule has 0 aromatic heterocycles. The van der Waals surface area contributed by atoms with Crippen LogP contribution in [0, 0.1) is 6.92 Å². The van der Waals surface area contributed by atoms with Crippen LogP contribution in [0.25, 0.3) is 0 Å². The second kappa shape index (κ2) is 8.13. The molecule has 1 aromatic carbocycles. The molecule has 3 rings (SSSR count). The Bertz CT molecular complexity index is 578. The summed E-state index contributed by atoms with van der Waals surface area (Å²) in [6.45, 7) is 8.71. The number of nitrogens with zero attached hydrogens (tertiary/aromatic N) is 2. The van der Waals surface area contributed by atoms with Crippen LogP contribution < -0.4 is 5.32 Å². The maximum absolute atomic E-state index is 9.62. The highest BCUT2D eigenvalue weighted by atomic mass is 16.3. The van der Waals surface area contributed by atoms with Crippen LogP contribution >= 0.6 is 0 Å². The second-order valence-electron chi connectivity index (χ2n) is 7.39.